The highest BCUT2D eigenvalue weighted by atomic mass is 28.3. The van der Waals surface area contributed by atoms with E-state index in [1.54, 1.807) is 0 Å². The Morgan fingerprint density at radius 3 is 2.40 bits per heavy atom. The number of aryl methyl sites for hydroxylation is 1. The molecule has 0 N–H and O–H groups in total. The van der Waals surface area contributed by atoms with Gasteiger partial charge in [0, 0.05) is 11.5 Å². The fraction of sp³-hybridized carbons (Fsp3) is 0.375. The molecule has 2 heteroatoms. The summed E-state index contributed by atoms with van der Waals surface area (Å²) in [7, 11) is -0.340. The first kappa shape index (κ1) is 7.47. The second kappa shape index (κ2) is 2.97. The van der Waals surface area contributed by atoms with Gasteiger partial charge in [-0.2, -0.15) is 0 Å². The summed E-state index contributed by atoms with van der Waals surface area (Å²) in [5.41, 5.74) is 1.24. The van der Waals surface area contributed by atoms with Gasteiger partial charge in [-0.3, -0.25) is 4.98 Å². The van der Waals surface area contributed by atoms with Crippen LogP contribution in [-0.2, 0) is 0 Å². The first-order valence-corrected chi connectivity index (χ1v) is 5.93. The molecule has 0 aliphatic heterocycles. The Hall–Kier alpha value is -0.633. The summed E-state index contributed by atoms with van der Waals surface area (Å²) in [6.45, 7) is 6.57. The number of rotatable bonds is 1. The van der Waals surface area contributed by atoms with Crippen molar-refractivity contribution in [1.82, 2.24) is 4.98 Å². The van der Waals surface area contributed by atoms with Crippen LogP contribution in [0.5, 0.6) is 0 Å². The summed E-state index contributed by atoms with van der Waals surface area (Å²) in [6, 6.07) is 4.25. The summed E-state index contributed by atoms with van der Waals surface area (Å²) in [5.74, 6) is 0. The molecule has 0 spiro atoms. The third-order valence-electron chi connectivity index (χ3n) is 1.42. The van der Waals surface area contributed by atoms with Gasteiger partial charge in [0.05, 0.1) is 0 Å². The predicted octanol–water partition coefficient (Wildman–Crippen LogP) is 1.35. The maximum atomic E-state index is 4.32. The molecule has 0 unspecified atom stereocenters. The van der Waals surface area contributed by atoms with Gasteiger partial charge in [0.2, 0.25) is 0 Å². The molecule has 0 aliphatic carbocycles. The van der Waals surface area contributed by atoms with Crippen LogP contribution in [-0.4, -0.2) is 13.8 Å². The molecule has 10 heavy (non-hydrogen) atoms. The van der Waals surface area contributed by atoms with E-state index in [0.29, 0.717) is 0 Å². The van der Waals surface area contributed by atoms with Crippen LogP contribution in [0.4, 0.5) is 0 Å². The van der Waals surface area contributed by atoms with Crippen LogP contribution >= 0.6 is 0 Å². The van der Waals surface area contributed by atoms with Crippen molar-refractivity contribution in [3.8, 4) is 0 Å². The Morgan fingerprint density at radius 2 is 2.00 bits per heavy atom. The molecule has 0 saturated heterocycles. The molecule has 0 bridgehead atoms. The predicted molar refractivity (Wildman–Crippen MR) is 46.1 cm³/mol. The molecule has 1 heterocycles. The van der Waals surface area contributed by atoms with Gasteiger partial charge in [-0.05, 0) is 18.6 Å². The topological polar surface area (TPSA) is 12.9 Å². The van der Waals surface area contributed by atoms with E-state index in [4.69, 9.17) is 0 Å². The second-order valence-corrected chi connectivity index (χ2v) is 5.23. The third-order valence-corrected chi connectivity index (χ3v) is 2.74. The molecule has 0 atom stereocenters. The minimum atomic E-state index is -0.340. The van der Waals surface area contributed by atoms with E-state index < -0.39 is 0 Å². The Kier molecular flexibility index (Phi) is 2.22. The highest BCUT2D eigenvalue weighted by Gasteiger charge is 1.99. The molecular formula is C8H12NSi. The lowest BCUT2D eigenvalue weighted by Crippen LogP contribution is -2.25. The number of nitrogens with zero attached hydrogens (tertiary/aromatic N) is 1. The molecule has 1 radical (unpaired) electrons. The van der Waals surface area contributed by atoms with E-state index in [1.165, 1.54) is 10.9 Å². The first-order valence-electron chi connectivity index (χ1n) is 3.43. The Labute approximate surface area is 63.7 Å². The van der Waals surface area contributed by atoms with E-state index in [2.05, 4.69) is 37.1 Å². The van der Waals surface area contributed by atoms with Gasteiger partial charge in [0.25, 0.3) is 0 Å². The Balaban J connectivity index is 2.89. The molecule has 1 nitrogen and oxygen atoms in total. The van der Waals surface area contributed by atoms with Crippen molar-refractivity contribution >= 4 is 14.1 Å². The summed E-state index contributed by atoms with van der Waals surface area (Å²) in [4.78, 5) is 4.32. The molecule has 0 fully saturated rings. The van der Waals surface area contributed by atoms with Gasteiger partial charge in [0.15, 0.2) is 0 Å². The van der Waals surface area contributed by atoms with E-state index in [1.807, 2.05) is 6.20 Å². The second-order valence-electron chi connectivity index (χ2n) is 2.72. The van der Waals surface area contributed by atoms with Gasteiger partial charge in [0.1, 0.15) is 8.80 Å². The Morgan fingerprint density at radius 1 is 1.30 bits per heavy atom. The highest BCUT2D eigenvalue weighted by Crippen LogP contribution is 1.90. The third kappa shape index (κ3) is 1.67. The average molecular weight is 150 g/mol. The minimum Gasteiger partial charge on any atom is -0.266 e. The molecule has 1 rings (SSSR count). The molecule has 53 valence electrons. The monoisotopic (exact) mass is 150 g/mol. The lowest BCUT2D eigenvalue weighted by Gasteiger charge is -2.00. The average Bonchev–Trinajstić information content (AvgIpc) is 1.88. The molecule has 0 amide bonds. The van der Waals surface area contributed by atoms with Crippen molar-refractivity contribution in [3.05, 3.63) is 23.9 Å². The van der Waals surface area contributed by atoms with Crippen molar-refractivity contribution in [3.63, 3.8) is 0 Å². The molecule has 1 aromatic rings. The van der Waals surface area contributed by atoms with Gasteiger partial charge < -0.3 is 0 Å². The van der Waals surface area contributed by atoms with Crippen LogP contribution in [0.3, 0.4) is 0 Å². The zero-order chi connectivity index (χ0) is 7.56. The number of hydrogen-bond acceptors (Lipinski definition) is 1. The summed E-state index contributed by atoms with van der Waals surface area (Å²) in [6.07, 6.45) is 1.94. The number of aromatic nitrogens is 1. The van der Waals surface area contributed by atoms with Crippen LogP contribution < -0.4 is 5.32 Å². The lowest BCUT2D eigenvalue weighted by molar-refractivity contribution is 1.30. The van der Waals surface area contributed by atoms with E-state index in [0.717, 1.165) is 0 Å². The standard InChI is InChI=1S/C8H12NSi/c1-7-4-5-8(9-6-7)10(2)3/h4-6H,1-3H3. The molecule has 0 aromatic carbocycles. The van der Waals surface area contributed by atoms with Crippen LogP contribution in [0.15, 0.2) is 18.3 Å². The van der Waals surface area contributed by atoms with Crippen molar-refractivity contribution in [2.45, 2.75) is 20.0 Å². The maximum absolute atomic E-state index is 4.32. The molecule has 0 saturated carbocycles. The molecule has 0 aliphatic rings. The summed E-state index contributed by atoms with van der Waals surface area (Å²) < 4.78 is 0. The van der Waals surface area contributed by atoms with Gasteiger partial charge in [-0.15, -0.1) is 0 Å². The maximum Gasteiger partial charge on any atom is 0.104 e. The quantitative estimate of drug-likeness (QED) is 0.551. The molecular weight excluding hydrogens is 138 g/mol. The zero-order valence-electron chi connectivity index (χ0n) is 6.68. The number of hydrogen-bond donors (Lipinski definition) is 0. The number of pyridine rings is 1. The zero-order valence-corrected chi connectivity index (χ0v) is 7.68. The first-order chi connectivity index (χ1) is 4.70. The van der Waals surface area contributed by atoms with Crippen molar-refractivity contribution in [2.24, 2.45) is 0 Å². The van der Waals surface area contributed by atoms with Crippen LogP contribution in [0.25, 0.3) is 0 Å². The summed E-state index contributed by atoms with van der Waals surface area (Å²) in [5, 5.41) is 1.27. The van der Waals surface area contributed by atoms with Crippen LogP contribution in [0.1, 0.15) is 5.56 Å². The van der Waals surface area contributed by atoms with Crippen LogP contribution in [0, 0.1) is 6.92 Å². The normalized spacial score (nSPS) is 10.4. The fourth-order valence-electron chi connectivity index (χ4n) is 0.764. The van der Waals surface area contributed by atoms with Gasteiger partial charge in [-0.1, -0.05) is 19.2 Å². The minimum absolute atomic E-state index is 0.340. The van der Waals surface area contributed by atoms with Crippen LogP contribution in [0.2, 0.25) is 13.1 Å². The van der Waals surface area contributed by atoms with Gasteiger partial charge >= 0.3 is 0 Å². The Bertz CT molecular complexity index is 203. The van der Waals surface area contributed by atoms with E-state index >= 15 is 0 Å². The smallest absolute Gasteiger partial charge is 0.104 e. The largest absolute Gasteiger partial charge is 0.266 e. The SMILES string of the molecule is Cc1ccc([Si](C)C)nc1. The van der Waals surface area contributed by atoms with E-state index in [-0.39, 0.29) is 8.80 Å². The fourth-order valence-corrected chi connectivity index (χ4v) is 1.50. The van der Waals surface area contributed by atoms with Crippen molar-refractivity contribution in [2.75, 3.05) is 0 Å². The lowest BCUT2D eigenvalue weighted by atomic mass is 10.3. The van der Waals surface area contributed by atoms with Crippen molar-refractivity contribution in [1.29, 1.82) is 0 Å². The highest BCUT2D eigenvalue weighted by molar-refractivity contribution is 6.69. The van der Waals surface area contributed by atoms with E-state index in [9.17, 15) is 0 Å². The summed E-state index contributed by atoms with van der Waals surface area (Å²) >= 11 is 0. The van der Waals surface area contributed by atoms with Gasteiger partial charge in [-0.25, -0.2) is 0 Å². The molecule has 1 aromatic heterocycles. The van der Waals surface area contributed by atoms with Crippen molar-refractivity contribution < 1.29 is 0 Å².